The fraction of sp³-hybridized carbons (Fsp3) is 0.613. The van der Waals surface area contributed by atoms with Crippen LogP contribution in [-0.4, -0.2) is 134 Å². The molecule has 0 spiro atoms. The number of aliphatic hydroxyl groups excluding tert-OH is 2. The van der Waals surface area contributed by atoms with Crippen LogP contribution in [0.1, 0.15) is 51.0 Å². The quantitative estimate of drug-likeness (QED) is 0.146. The Kier molecular flexibility index (Phi) is 11.7. The number of carbonyl (C=O) groups is 6. The second-order valence-corrected chi connectivity index (χ2v) is 12.2. The van der Waals surface area contributed by atoms with E-state index in [9.17, 15) is 44.1 Å². The number of nitrogens with two attached hydrogens (primary N) is 1. The number of nitrogens with zero attached hydrogens (tertiary/aromatic N) is 3. The highest BCUT2D eigenvalue weighted by Gasteiger charge is 2.45. The number of likely N-dealkylation sites (tertiary alicyclic amines) is 3. The van der Waals surface area contributed by atoms with E-state index in [2.05, 4.69) is 10.6 Å². The minimum Gasteiger partial charge on any atom is -0.480 e. The van der Waals surface area contributed by atoms with Gasteiger partial charge in [-0.1, -0.05) is 30.3 Å². The molecule has 0 unspecified atom stereocenters. The van der Waals surface area contributed by atoms with E-state index in [1.165, 1.54) is 21.6 Å². The summed E-state index contributed by atoms with van der Waals surface area (Å²) in [6.07, 6.45) is 1.46. The van der Waals surface area contributed by atoms with Gasteiger partial charge in [0.2, 0.25) is 29.5 Å². The van der Waals surface area contributed by atoms with Crippen molar-refractivity contribution >= 4 is 35.5 Å². The predicted octanol–water partition coefficient (Wildman–Crippen LogP) is -2.04. The van der Waals surface area contributed by atoms with Gasteiger partial charge in [-0.3, -0.25) is 24.0 Å². The van der Waals surface area contributed by atoms with E-state index in [1.54, 1.807) is 30.3 Å². The van der Waals surface area contributed by atoms with E-state index < -0.39 is 84.5 Å². The Morgan fingerprint density at radius 2 is 1.30 bits per heavy atom. The maximum Gasteiger partial charge on any atom is 0.326 e. The number of carboxylic acids is 1. The lowest BCUT2D eigenvalue weighted by molar-refractivity contribution is -0.149. The smallest absolute Gasteiger partial charge is 0.326 e. The first-order valence-corrected chi connectivity index (χ1v) is 15.8. The zero-order valence-electron chi connectivity index (χ0n) is 25.9. The molecule has 3 aliphatic heterocycles. The molecule has 3 saturated heterocycles. The van der Waals surface area contributed by atoms with Crippen LogP contribution in [0.3, 0.4) is 0 Å². The second kappa shape index (κ2) is 15.5. The monoisotopic (exact) mass is 644 g/mol. The Hall–Kier alpha value is -4.08. The minimum atomic E-state index is -1.40. The van der Waals surface area contributed by atoms with Crippen LogP contribution in [0.2, 0.25) is 0 Å². The highest BCUT2D eigenvalue weighted by molar-refractivity contribution is 5.97. The van der Waals surface area contributed by atoms with Crippen molar-refractivity contribution < 1.29 is 44.1 Å². The number of nitrogens with one attached hydrogen (secondary N) is 2. The van der Waals surface area contributed by atoms with Crippen molar-refractivity contribution in [1.29, 1.82) is 0 Å². The standard InChI is InChI=1S/C31H44N6O9/c1-18(39)25(32)30(44)37-15-7-12-24(37)29(43)36-14-6-11-23(36)27(41)34-21(17-38)28(42)35-13-5-10-22(35)26(40)33-20(31(45)46)16-19-8-3-2-4-9-19/h2-4,8-9,18,20-25,38-39H,5-7,10-17,32H2,1H3,(H,33,40)(H,34,41)(H,45,46)/t18-,20+,21+,22+,23+,24+,25+/m1/s1. The third kappa shape index (κ3) is 7.82. The topological polar surface area (TPSA) is 223 Å². The normalized spacial score (nSPS) is 23.8. The summed E-state index contributed by atoms with van der Waals surface area (Å²) in [5.74, 6) is -4.18. The third-order valence-electron chi connectivity index (χ3n) is 9.00. The average Bonchev–Trinajstić information content (AvgIpc) is 3.83. The van der Waals surface area contributed by atoms with Gasteiger partial charge in [-0.25, -0.2) is 4.79 Å². The Balaban J connectivity index is 1.39. The lowest BCUT2D eigenvalue weighted by atomic mass is 10.1. The molecular formula is C31H44N6O9. The van der Waals surface area contributed by atoms with Gasteiger partial charge >= 0.3 is 5.97 Å². The molecule has 5 amide bonds. The van der Waals surface area contributed by atoms with Gasteiger partial charge in [0.25, 0.3) is 0 Å². The lowest BCUT2D eigenvalue weighted by Crippen LogP contribution is -2.59. The van der Waals surface area contributed by atoms with Crippen LogP contribution >= 0.6 is 0 Å². The summed E-state index contributed by atoms with van der Waals surface area (Å²) in [7, 11) is 0. The first-order chi connectivity index (χ1) is 21.9. The molecule has 3 fully saturated rings. The van der Waals surface area contributed by atoms with Gasteiger partial charge in [0.1, 0.15) is 36.3 Å². The van der Waals surface area contributed by atoms with E-state index in [-0.39, 0.29) is 25.9 Å². The summed E-state index contributed by atoms with van der Waals surface area (Å²) in [6, 6.07) is 2.25. The molecule has 15 nitrogen and oxygen atoms in total. The van der Waals surface area contributed by atoms with E-state index in [1.807, 2.05) is 0 Å². The van der Waals surface area contributed by atoms with E-state index in [0.29, 0.717) is 44.2 Å². The van der Waals surface area contributed by atoms with Gasteiger partial charge in [0.15, 0.2) is 0 Å². The molecule has 1 aromatic rings. The summed E-state index contributed by atoms with van der Waals surface area (Å²) in [4.78, 5) is 82.4. The Morgan fingerprint density at radius 1 is 0.804 bits per heavy atom. The van der Waals surface area contributed by atoms with Crippen molar-refractivity contribution in [2.45, 2.75) is 94.2 Å². The number of rotatable bonds is 12. The minimum absolute atomic E-state index is 0.0502. The Morgan fingerprint density at radius 3 is 1.85 bits per heavy atom. The molecule has 0 bridgehead atoms. The summed E-state index contributed by atoms with van der Waals surface area (Å²) in [5.41, 5.74) is 6.55. The van der Waals surface area contributed by atoms with Crippen molar-refractivity contribution in [2.24, 2.45) is 5.73 Å². The van der Waals surface area contributed by atoms with Gasteiger partial charge in [-0.15, -0.1) is 0 Å². The van der Waals surface area contributed by atoms with E-state index in [4.69, 9.17) is 5.73 Å². The first kappa shape index (κ1) is 34.8. The molecular weight excluding hydrogens is 600 g/mol. The van der Waals surface area contributed by atoms with Crippen molar-refractivity contribution in [3.63, 3.8) is 0 Å². The molecule has 0 radical (unpaired) electrons. The Bertz CT molecular complexity index is 1290. The number of benzene rings is 1. The van der Waals surface area contributed by atoms with Gasteiger partial charge in [-0.2, -0.15) is 0 Å². The predicted molar refractivity (Wildman–Crippen MR) is 163 cm³/mol. The number of hydrogen-bond donors (Lipinski definition) is 6. The molecule has 46 heavy (non-hydrogen) atoms. The zero-order valence-corrected chi connectivity index (χ0v) is 25.9. The van der Waals surface area contributed by atoms with Crippen LogP contribution in [0.5, 0.6) is 0 Å². The van der Waals surface area contributed by atoms with Crippen LogP contribution in [0.25, 0.3) is 0 Å². The highest BCUT2D eigenvalue weighted by Crippen LogP contribution is 2.26. The van der Waals surface area contributed by atoms with Gasteiger partial charge in [-0.05, 0) is 51.0 Å². The molecule has 3 aliphatic rings. The van der Waals surface area contributed by atoms with Gasteiger partial charge in [0.05, 0.1) is 12.7 Å². The molecule has 7 N–H and O–H groups in total. The molecule has 3 heterocycles. The van der Waals surface area contributed by atoms with Crippen LogP contribution in [0.4, 0.5) is 0 Å². The number of aliphatic hydroxyl groups is 2. The van der Waals surface area contributed by atoms with Crippen molar-refractivity contribution in [1.82, 2.24) is 25.3 Å². The fourth-order valence-corrected chi connectivity index (χ4v) is 6.45. The second-order valence-electron chi connectivity index (χ2n) is 12.2. The Labute approximate surface area is 267 Å². The first-order valence-electron chi connectivity index (χ1n) is 15.8. The maximum atomic E-state index is 13.6. The summed E-state index contributed by atoms with van der Waals surface area (Å²) < 4.78 is 0. The lowest BCUT2D eigenvalue weighted by Gasteiger charge is -2.33. The highest BCUT2D eigenvalue weighted by atomic mass is 16.4. The number of hydrogen-bond acceptors (Lipinski definition) is 9. The van der Waals surface area contributed by atoms with Gasteiger partial charge < -0.3 is 46.4 Å². The van der Waals surface area contributed by atoms with Crippen LogP contribution in [-0.2, 0) is 35.2 Å². The van der Waals surface area contributed by atoms with Crippen molar-refractivity contribution in [3.8, 4) is 0 Å². The average molecular weight is 645 g/mol. The molecule has 252 valence electrons. The molecule has 4 rings (SSSR count). The van der Waals surface area contributed by atoms with Crippen LogP contribution < -0.4 is 16.4 Å². The molecule has 7 atom stereocenters. The molecule has 0 saturated carbocycles. The zero-order chi connectivity index (χ0) is 33.5. The van der Waals surface area contributed by atoms with Crippen molar-refractivity contribution in [2.75, 3.05) is 26.2 Å². The SMILES string of the molecule is C[C@@H](O)[C@H](N)C(=O)N1CCC[C@H]1C(=O)N1CCC[C@H]1C(=O)N[C@@H](CO)C(=O)N1CCC[C@H]1C(=O)N[C@@H](Cc1ccccc1)C(=O)O. The summed E-state index contributed by atoms with van der Waals surface area (Å²) in [6.45, 7) is 1.37. The van der Waals surface area contributed by atoms with E-state index in [0.717, 1.165) is 0 Å². The molecule has 1 aromatic carbocycles. The van der Waals surface area contributed by atoms with Crippen LogP contribution in [0, 0.1) is 0 Å². The maximum absolute atomic E-state index is 13.6. The number of carbonyl (C=O) groups excluding carboxylic acids is 5. The number of amides is 5. The number of carboxylic acid groups (broad SMARTS) is 1. The molecule has 0 aromatic heterocycles. The largest absolute Gasteiger partial charge is 0.480 e. The number of aliphatic carboxylic acids is 1. The molecule has 0 aliphatic carbocycles. The summed E-state index contributed by atoms with van der Waals surface area (Å²) in [5, 5.41) is 34.7. The fourth-order valence-electron chi connectivity index (χ4n) is 6.45. The van der Waals surface area contributed by atoms with Gasteiger partial charge in [0, 0.05) is 26.1 Å². The van der Waals surface area contributed by atoms with Crippen molar-refractivity contribution in [3.05, 3.63) is 35.9 Å². The summed E-state index contributed by atoms with van der Waals surface area (Å²) >= 11 is 0. The van der Waals surface area contributed by atoms with Crippen LogP contribution in [0.15, 0.2) is 30.3 Å². The molecule has 15 heteroatoms. The van der Waals surface area contributed by atoms with E-state index >= 15 is 0 Å². The third-order valence-corrected chi connectivity index (χ3v) is 9.00.